The number of aromatic hydroxyl groups is 1. The van der Waals surface area contributed by atoms with Crippen LogP contribution in [-0.2, 0) is 13.1 Å². The first kappa shape index (κ1) is 16.0. The molecule has 2 aromatic rings. The molecule has 1 heterocycles. The molecule has 1 aliphatic rings. The highest BCUT2D eigenvalue weighted by Crippen LogP contribution is 2.18. The summed E-state index contributed by atoms with van der Waals surface area (Å²) in [6, 6.07) is 14.8. The number of para-hydroxylation sites is 1. The van der Waals surface area contributed by atoms with E-state index in [1.807, 2.05) is 30.3 Å². The van der Waals surface area contributed by atoms with Crippen LogP contribution >= 0.6 is 0 Å². The second-order valence-corrected chi connectivity index (χ2v) is 6.18. The molecule has 0 aromatic heterocycles. The number of halogens is 1. The molecule has 3 nitrogen and oxygen atoms in total. The van der Waals surface area contributed by atoms with Crippen LogP contribution in [0, 0.1) is 5.82 Å². The van der Waals surface area contributed by atoms with E-state index < -0.39 is 0 Å². The molecule has 0 spiro atoms. The van der Waals surface area contributed by atoms with Crippen molar-refractivity contribution in [2.45, 2.75) is 32.0 Å². The molecule has 0 radical (unpaired) electrons. The molecule has 2 aromatic carbocycles. The summed E-state index contributed by atoms with van der Waals surface area (Å²) >= 11 is 0. The maximum absolute atomic E-state index is 13.8. The van der Waals surface area contributed by atoms with Crippen LogP contribution in [0.5, 0.6) is 5.75 Å². The monoisotopic (exact) mass is 314 g/mol. The molecule has 1 saturated heterocycles. The highest BCUT2D eigenvalue weighted by atomic mass is 19.1. The molecule has 1 fully saturated rings. The van der Waals surface area contributed by atoms with Gasteiger partial charge in [0.2, 0.25) is 0 Å². The van der Waals surface area contributed by atoms with Crippen LogP contribution < -0.4 is 5.32 Å². The topological polar surface area (TPSA) is 35.5 Å². The van der Waals surface area contributed by atoms with Crippen LogP contribution in [0.25, 0.3) is 0 Å². The number of phenols is 1. The minimum absolute atomic E-state index is 0.128. The van der Waals surface area contributed by atoms with E-state index in [1.54, 1.807) is 12.1 Å². The summed E-state index contributed by atoms with van der Waals surface area (Å²) in [4.78, 5) is 2.30. The third-order valence-electron chi connectivity index (χ3n) is 4.43. The van der Waals surface area contributed by atoms with E-state index in [2.05, 4.69) is 10.2 Å². The summed E-state index contributed by atoms with van der Waals surface area (Å²) in [5, 5.41) is 13.3. The van der Waals surface area contributed by atoms with Crippen molar-refractivity contribution in [3.63, 3.8) is 0 Å². The fourth-order valence-corrected chi connectivity index (χ4v) is 3.15. The van der Waals surface area contributed by atoms with E-state index in [4.69, 9.17) is 0 Å². The SMILES string of the molecule is Oc1ccccc1CNC1CCCN(Cc2ccccc2F)C1. The zero-order valence-electron chi connectivity index (χ0n) is 13.2. The lowest BCUT2D eigenvalue weighted by Gasteiger charge is -2.33. The summed E-state index contributed by atoms with van der Waals surface area (Å²) in [5.41, 5.74) is 1.67. The highest BCUT2D eigenvalue weighted by Gasteiger charge is 2.20. The molecular weight excluding hydrogens is 291 g/mol. The molecule has 1 aliphatic heterocycles. The Morgan fingerprint density at radius 2 is 1.83 bits per heavy atom. The molecule has 3 rings (SSSR count). The summed E-state index contributed by atoms with van der Waals surface area (Å²) < 4.78 is 13.8. The number of hydrogen-bond acceptors (Lipinski definition) is 3. The third-order valence-corrected chi connectivity index (χ3v) is 4.43. The molecule has 0 aliphatic carbocycles. The Morgan fingerprint density at radius 3 is 2.61 bits per heavy atom. The first-order valence-corrected chi connectivity index (χ1v) is 8.18. The predicted molar refractivity (Wildman–Crippen MR) is 89.6 cm³/mol. The van der Waals surface area contributed by atoms with Crippen molar-refractivity contribution in [1.29, 1.82) is 0 Å². The standard InChI is InChI=1S/C19H23FN2O/c20-18-9-3-1-7-16(18)13-22-11-5-8-17(14-22)21-12-15-6-2-4-10-19(15)23/h1-4,6-7,9-10,17,21,23H,5,8,11-14H2. The molecule has 4 heteroatoms. The van der Waals surface area contributed by atoms with Crippen molar-refractivity contribution in [2.24, 2.45) is 0 Å². The van der Waals surface area contributed by atoms with Gasteiger partial charge in [-0.3, -0.25) is 4.90 Å². The average molecular weight is 314 g/mol. The molecular formula is C19H23FN2O. The smallest absolute Gasteiger partial charge is 0.127 e. The van der Waals surface area contributed by atoms with Crippen molar-refractivity contribution in [3.8, 4) is 5.75 Å². The van der Waals surface area contributed by atoms with Gasteiger partial charge >= 0.3 is 0 Å². The number of nitrogens with one attached hydrogen (secondary N) is 1. The van der Waals surface area contributed by atoms with Crippen molar-refractivity contribution in [1.82, 2.24) is 10.2 Å². The number of hydrogen-bond donors (Lipinski definition) is 2. The van der Waals surface area contributed by atoms with Gasteiger partial charge in [0.15, 0.2) is 0 Å². The van der Waals surface area contributed by atoms with Crippen molar-refractivity contribution in [3.05, 3.63) is 65.5 Å². The van der Waals surface area contributed by atoms with Crippen LogP contribution in [0.15, 0.2) is 48.5 Å². The quantitative estimate of drug-likeness (QED) is 0.889. The molecule has 1 unspecified atom stereocenters. The van der Waals surface area contributed by atoms with E-state index in [0.717, 1.165) is 37.1 Å². The lowest BCUT2D eigenvalue weighted by molar-refractivity contribution is 0.180. The summed E-state index contributed by atoms with van der Waals surface area (Å²) in [6.07, 6.45) is 2.22. The van der Waals surface area contributed by atoms with Gasteiger partial charge in [0, 0.05) is 36.8 Å². The number of rotatable bonds is 5. The Kier molecular flexibility index (Phi) is 5.26. The zero-order chi connectivity index (χ0) is 16.1. The molecule has 0 bridgehead atoms. The normalized spacial score (nSPS) is 18.9. The third kappa shape index (κ3) is 4.30. The molecule has 1 atom stereocenters. The second-order valence-electron chi connectivity index (χ2n) is 6.18. The first-order valence-electron chi connectivity index (χ1n) is 8.18. The van der Waals surface area contributed by atoms with E-state index in [0.29, 0.717) is 24.9 Å². The van der Waals surface area contributed by atoms with Gasteiger partial charge in [0.25, 0.3) is 0 Å². The lowest BCUT2D eigenvalue weighted by atomic mass is 10.0. The van der Waals surface area contributed by atoms with E-state index in [1.165, 1.54) is 6.07 Å². The van der Waals surface area contributed by atoms with Gasteiger partial charge in [-0.1, -0.05) is 36.4 Å². The largest absolute Gasteiger partial charge is 0.508 e. The number of benzene rings is 2. The Morgan fingerprint density at radius 1 is 1.09 bits per heavy atom. The molecule has 0 saturated carbocycles. The van der Waals surface area contributed by atoms with Gasteiger partial charge < -0.3 is 10.4 Å². The summed E-state index contributed by atoms with van der Waals surface area (Å²) in [5.74, 6) is 0.204. The van der Waals surface area contributed by atoms with Crippen LogP contribution in [0.1, 0.15) is 24.0 Å². The van der Waals surface area contributed by atoms with Gasteiger partial charge in [-0.2, -0.15) is 0 Å². The van der Waals surface area contributed by atoms with E-state index >= 15 is 0 Å². The lowest BCUT2D eigenvalue weighted by Crippen LogP contribution is -2.45. The van der Waals surface area contributed by atoms with Gasteiger partial charge in [0.05, 0.1) is 0 Å². The Labute approximate surface area is 136 Å². The van der Waals surface area contributed by atoms with Crippen LogP contribution in [0.2, 0.25) is 0 Å². The molecule has 2 N–H and O–H groups in total. The maximum atomic E-state index is 13.8. The molecule has 0 amide bonds. The Bertz CT molecular complexity index is 647. The van der Waals surface area contributed by atoms with Crippen LogP contribution in [-0.4, -0.2) is 29.1 Å². The second kappa shape index (κ2) is 7.57. The van der Waals surface area contributed by atoms with E-state index in [-0.39, 0.29) is 5.82 Å². The fourth-order valence-electron chi connectivity index (χ4n) is 3.15. The summed E-state index contributed by atoms with van der Waals surface area (Å²) in [6.45, 7) is 3.22. The van der Waals surface area contributed by atoms with Crippen molar-refractivity contribution < 1.29 is 9.50 Å². The van der Waals surface area contributed by atoms with Crippen molar-refractivity contribution in [2.75, 3.05) is 13.1 Å². The Hall–Kier alpha value is -1.91. The average Bonchev–Trinajstić information content (AvgIpc) is 2.57. The number of piperidine rings is 1. The minimum Gasteiger partial charge on any atom is -0.508 e. The highest BCUT2D eigenvalue weighted by molar-refractivity contribution is 5.31. The predicted octanol–water partition coefficient (Wildman–Crippen LogP) is 3.29. The van der Waals surface area contributed by atoms with Gasteiger partial charge in [0.1, 0.15) is 11.6 Å². The first-order chi connectivity index (χ1) is 11.2. The van der Waals surface area contributed by atoms with Crippen molar-refractivity contribution >= 4 is 0 Å². The zero-order valence-corrected chi connectivity index (χ0v) is 13.2. The number of phenolic OH excluding ortho intramolecular Hbond substituents is 1. The molecule has 23 heavy (non-hydrogen) atoms. The number of likely N-dealkylation sites (tertiary alicyclic amines) is 1. The van der Waals surface area contributed by atoms with Crippen LogP contribution in [0.4, 0.5) is 4.39 Å². The van der Waals surface area contributed by atoms with Crippen LogP contribution in [0.3, 0.4) is 0 Å². The van der Waals surface area contributed by atoms with E-state index in [9.17, 15) is 9.50 Å². The van der Waals surface area contributed by atoms with Gasteiger partial charge in [-0.05, 0) is 31.5 Å². The molecule has 122 valence electrons. The maximum Gasteiger partial charge on any atom is 0.127 e. The fraction of sp³-hybridized carbons (Fsp3) is 0.368. The van der Waals surface area contributed by atoms with Gasteiger partial charge in [-0.15, -0.1) is 0 Å². The van der Waals surface area contributed by atoms with Gasteiger partial charge in [-0.25, -0.2) is 4.39 Å². The number of nitrogens with zero attached hydrogens (tertiary/aromatic N) is 1. The Balaban J connectivity index is 1.54. The minimum atomic E-state index is -0.128. The summed E-state index contributed by atoms with van der Waals surface area (Å²) in [7, 11) is 0.